The van der Waals surface area contributed by atoms with Crippen LogP contribution in [0.4, 0.5) is 0 Å². The van der Waals surface area contributed by atoms with Gasteiger partial charge in [0.15, 0.2) is 0 Å². The van der Waals surface area contributed by atoms with Crippen LogP contribution in [-0.2, 0) is 13.1 Å². The summed E-state index contributed by atoms with van der Waals surface area (Å²) in [6.45, 7) is 4.00. The Hall–Kier alpha value is -1.02. The zero-order chi connectivity index (χ0) is 8.55. The van der Waals surface area contributed by atoms with Crippen molar-refractivity contribution in [2.24, 2.45) is 0 Å². The lowest BCUT2D eigenvalue weighted by Gasteiger charge is -2.09. The molecule has 0 fully saturated rings. The van der Waals surface area contributed by atoms with Crippen LogP contribution in [-0.4, -0.2) is 7.11 Å². The first-order valence-corrected chi connectivity index (χ1v) is 4.19. The molecule has 0 aromatic heterocycles. The first-order chi connectivity index (χ1) is 5.83. The monoisotopic (exact) mass is 163 g/mol. The maximum atomic E-state index is 5.35. The van der Waals surface area contributed by atoms with Gasteiger partial charge in [-0.25, -0.2) is 0 Å². The highest BCUT2D eigenvalue weighted by atomic mass is 16.5. The highest BCUT2D eigenvalue weighted by molar-refractivity contribution is 5.47. The highest BCUT2D eigenvalue weighted by Crippen LogP contribution is 2.29. The number of hydrogen-bond donors (Lipinski definition) is 1. The first-order valence-electron chi connectivity index (χ1n) is 4.19. The number of benzene rings is 1. The van der Waals surface area contributed by atoms with Gasteiger partial charge in [0.1, 0.15) is 5.75 Å². The molecule has 1 aromatic rings. The van der Waals surface area contributed by atoms with Crippen LogP contribution in [0.25, 0.3) is 0 Å². The Balaban J connectivity index is 2.57. The van der Waals surface area contributed by atoms with Gasteiger partial charge in [-0.3, -0.25) is 0 Å². The van der Waals surface area contributed by atoms with Crippen LogP contribution >= 0.6 is 0 Å². The van der Waals surface area contributed by atoms with Gasteiger partial charge >= 0.3 is 0 Å². The summed E-state index contributed by atoms with van der Waals surface area (Å²) >= 11 is 0. The molecule has 1 heterocycles. The quantitative estimate of drug-likeness (QED) is 0.679. The van der Waals surface area contributed by atoms with Gasteiger partial charge in [0.25, 0.3) is 0 Å². The third-order valence-corrected chi connectivity index (χ3v) is 2.38. The van der Waals surface area contributed by atoms with Gasteiger partial charge in [0, 0.05) is 18.7 Å². The lowest BCUT2D eigenvalue weighted by atomic mass is 10.1. The van der Waals surface area contributed by atoms with E-state index in [0.717, 1.165) is 18.8 Å². The third-order valence-electron chi connectivity index (χ3n) is 2.38. The first kappa shape index (κ1) is 7.62. The van der Waals surface area contributed by atoms with E-state index in [1.165, 1.54) is 16.7 Å². The predicted octanol–water partition coefficient (Wildman–Crippen LogP) is 1.61. The normalized spacial score (nSPS) is 14.5. The van der Waals surface area contributed by atoms with Crippen molar-refractivity contribution in [1.82, 2.24) is 5.32 Å². The van der Waals surface area contributed by atoms with Crippen LogP contribution in [0.15, 0.2) is 12.1 Å². The van der Waals surface area contributed by atoms with Crippen molar-refractivity contribution in [2.45, 2.75) is 20.0 Å². The molecule has 64 valence electrons. The Labute approximate surface area is 72.5 Å². The number of hydrogen-bond acceptors (Lipinski definition) is 2. The fourth-order valence-corrected chi connectivity index (χ4v) is 1.75. The molecular weight excluding hydrogens is 150 g/mol. The zero-order valence-corrected chi connectivity index (χ0v) is 7.48. The van der Waals surface area contributed by atoms with E-state index in [2.05, 4.69) is 24.4 Å². The smallest absolute Gasteiger partial charge is 0.126 e. The Morgan fingerprint density at radius 2 is 2.17 bits per heavy atom. The highest BCUT2D eigenvalue weighted by Gasteiger charge is 2.15. The Morgan fingerprint density at radius 3 is 2.92 bits per heavy atom. The van der Waals surface area contributed by atoms with E-state index in [0.29, 0.717) is 0 Å². The van der Waals surface area contributed by atoms with Crippen LogP contribution in [0, 0.1) is 6.92 Å². The topological polar surface area (TPSA) is 21.3 Å². The molecule has 2 heteroatoms. The van der Waals surface area contributed by atoms with Crippen molar-refractivity contribution < 1.29 is 4.74 Å². The number of rotatable bonds is 1. The summed E-state index contributed by atoms with van der Waals surface area (Å²) in [5.41, 5.74) is 3.93. The van der Waals surface area contributed by atoms with E-state index in [1.54, 1.807) is 7.11 Å². The molecule has 0 aliphatic carbocycles. The van der Waals surface area contributed by atoms with E-state index >= 15 is 0 Å². The van der Waals surface area contributed by atoms with E-state index < -0.39 is 0 Å². The molecule has 1 N–H and O–H groups in total. The number of ether oxygens (including phenoxy) is 1. The average molecular weight is 163 g/mol. The maximum Gasteiger partial charge on any atom is 0.126 e. The van der Waals surface area contributed by atoms with Gasteiger partial charge in [-0.05, 0) is 18.1 Å². The molecule has 0 saturated heterocycles. The van der Waals surface area contributed by atoms with Gasteiger partial charge in [0.05, 0.1) is 7.11 Å². The number of nitrogens with one attached hydrogen (secondary N) is 1. The molecule has 2 nitrogen and oxygen atoms in total. The van der Waals surface area contributed by atoms with Gasteiger partial charge in [-0.1, -0.05) is 12.1 Å². The molecular formula is C10H13NO. The van der Waals surface area contributed by atoms with Crippen LogP contribution in [0.5, 0.6) is 5.75 Å². The fourth-order valence-electron chi connectivity index (χ4n) is 1.75. The van der Waals surface area contributed by atoms with Gasteiger partial charge in [-0.15, -0.1) is 0 Å². The molecule has 1 aromatic carbocycles. The molecule has 2 rings (SSSR count). The van der Waals surface area contributed by atoms with Gasteiger partial charge in [-0.2, -0.15) is 0 Å². The van der Waals surface area contributed by atoms with Crippen LogP contribution in [0.2, 0.25) is 0 Å². The van der Waals surface area contributed by atoms with Gasteiger partial charge in [0.2, 0.25) is 0 Å². The molecule has 0 radical (unpaired) electrons. The minimum absolute atomic E-state index is 0.945. The predicted molar refractivity (Wildman–Crippen MR) is 48.3 cm³/mol. The van der Waals surface area contributed by atoms with Crippen molar-refractivity contribution in [2.75, 3.05) is 7.11 Å². The fraction of sp³-hybridized carbons (Fsp3) is 0.400. The lowest BCUT2D eigenvalue weighted by Crippen LogP contribution is -2.00. The summed E-state index contributed by atoms with van der Waals surface area (Å²) in [6, 6.07) is 4.29. The molecule has 0 atom stereocenters. The summed E-state index contributed by atoms with van der Waals surface area (Å²) in [5.74, 6) is 1.05. The second-order valence-corrected chi connectivity index (χ2v) is 3.16. The zero-order valence-electron chi connectivity index (χ0n) is 7.48. The Morgan fingerprint density at radius 1 is 1.33 bits per heavy atom. The van der Waals surface area contributed by atoms with E-state index in [-0.39, 0.29) is 0 Å². The Kier molecular flexibility index (Phi) is 1.77. The molecule has 0 unspecified atom stereocenters. The molecule has 1 aliphatic rings. The van der Waals surface area contributed by atoms with Crippen molar-refractivity contribution >= 4 is 0 Å². The standard InChI is InChI=1S/C10H13NO/c1-7-3-4-8-5-11-6-9(8)10(7)12-2/h3-4,11H,5-6H2,1-2H3. The molecule has 0 amide bonds. The second kappa shape index (κ2) is 2.79. The van der Waals surface area contributed by atoms with Crippen molar-refractivity contribution in [1.29, 1.82) is 0 Å². The van der Waals surface area contributed by atoms with E-state index in [1.807, 2.05) is 0 Å². The van der Waals surface area contributed by atoms with Crippen LogP contribution < -0.4 is 10.1 Å². The SMILES string of the molecule is COc1c(C)ccc2c1CNC2. The summed E-state index contributed by atoms with van der Waals surface area (Å²) in [6.07, 6.45) is 0. The maximum absolute atomic E-state index is 5.35. The molecule has 1 aliphatic heterocycles. The van der Waals surface area contributed by atoms with E-state index in [4.69, 9.17) is 4.74 Å². The molecule has 0 saturated carbocycles. The summed E-state index contributed by atoms with van der Waals surface area (Å²) in [5, 5.41) is 3.31. The molecule has 0 spiro atoms. The summed E-state index contributed by atoms with van der Waals surface area (Å²) < 4.78 is 5.35. The number of fused-ring (bicyclic) bond motifs is 1. The van der Waals surface area contributed by atoms with Crippen molar-refractivity contribution in [3.05, 3.63) is 28.8 Å². The van der Waals surface area contributed by atoms with Crippen molar-refractivity contribution in [3.63, 3.8) is 0 Å². The largest absolute Gasteiger partial charge is 0.496 e. The van der Waals surface area contributed by atoms with Gasteiger partial charge < -0.3 is 10.1 Å². The van der Waals surface area contributed by atoms with Crippen molar-refractivity contribution in [3.8, 4) is 5.75 Å². The number of methoxy groups -OCH3 is 1. The summed E-state index contributed by atoms with van der Waals surface area (Å²) in [4.78, 5) is 0. The second-order valence-electron chi connectivity index (χ2n) is 3.16. The molecule has 0 bridgehead atoms. The van der Waals surface area contributed by atoms with Crippen LogP contribution in [0.3, 0.4) is 0 Å². The average Bonchev–Trinajstić information content (AvgIpc) is 2.52. The third kappa shape index (κ3) is 0.994. The van der Waals surface area contributed by atoms with E-state index in [9.17, 15) is 0 Å². The Bertz CT molecular complexity index is 307. The molecule has 12 heavy (non-hydrogen) atoms. The number of aryl methyl sites for hydroxylation is 1. The summed E-state index contributed by atoms with van der Waals surface area (Å²) in [7, 11) is 1.74. The van der Waals surface area contributed by atoms with Crippen LogP contribution in [0.1, 0.15) is 16.7 Å². The minimum atomic E-state index is 0.945. The minimum Gasteiger partial charge on any atom is -0.496 e. The lowest BCUT2D eigenvalue weighted by molar-refractivity contribution is 0.406.